The van der Waals surface area contributed by atoms with Gasteiger partial charge in [-0.05, 0) is 31.5 Å². The van der Waals surface area contributed by atoms with Crippen molar-refractivity contribution in [3.05, 3.63) is 41.6 Å². The zero-order valence-corrected chi connectivity index (χ0v) is 10.2. The predicted molar refractivity (Wildman–Crippen MR) is 67.4 cm³/mol. The van der Waals surface area contributed by atoms with Gasteiger partial charge in [-0.3, -0.25) is 0 Å². The van der Waals surface area contributed by atoms with Gasteiger partial charge in [-0.15, -0.1) is 0 Å². The molecule has 0 unspecified atom stereocenters. The molecule has 16 heavy (non-hydrogen) atoms. The van der Waals surface area contributed by atoms with Crippen LogP contribution in [0.5, 0.6) is 0 Å². The molecule has 2 rings (SSSR count). The van der Waals surface area contributed by atoms with Gasteiger partial charge >= 0.3 is 0 Å². The number of hydrogen-bond donors (Lipinski definition) is 0. The van der Waals surface area contributed by atoms with Crippen LogP contribution in [0.2, 0.25) is 0 Å². The fourth-order valence-electron chi connectivity index (χ4n) is 1.70. The summed E-state index contributed by atoms with van der Waals surface area (Å²) in [7, 11) is 4.00. The quantitative estimate of drug-likeness (QED) is 0.767. The molecule has 0 aliphatic rings. The first kappa shape index (κ1) is 10.7. The number of anilines is 1. The van der Waals surface area contributed by atoms with E-state index in [4.69, 9.17) is 0 Å². The fraction of sp³-hybridized carbons (Fsp3) is 0.308. The van der Waals surface area contributed by atoms with E-state index in [9.17, 15) is 0 Å². The molecule has 0 N–H and O–H groups in total. The molecule has 0 radical (unpaired) electrons. The van der Waals surface area contributed by atoms with Crippen LogP contribution in [0.4, 0.5) is 5.82 Å². The second-order valence-electron chi connectivity index (χ2n) is 4.29. The Morgan fingerprint density at radius 1 is 1.12 bits per heavy atom. The summed E-state index contributed by atoms with van der Waals surface area (Å²) in [6.07, 6.45) is 0. The second-order valence-corrected chi connectivity index (χ2v) is 4.29. The highest BCUT2D eigenvalue weighted by Crippen LogP contribution is 2.17. The van der Waals surface area contributed by atoms with Gasteiger partial charge in [0, 0.05) is 25.9 Å². The molecule has 0 spiro atoms. The molecule has 0 fully saturated rings. The smallest absolute Gasteiger partial charge is 0.150 e. The number of benzene rings is 1. The van der Waals surface area contributed by atoms with E-state index >= 15 is 0 Å². The second kappa shape index (κ2) is 4.00. The van der Waals surface area contributed by atoms with E-state index in [-0.39, 0.29) is 0 Å². The van der Waals surface area contributed by atoms with Gasteiger partial charge in [-0.25, -0.2) is 4.68 Å². The minimum absolute atomic E-state index is 0.985. The molecular weight excluding hydrogens is 198 g/mol. The molecule has 0 amide bonds. The average molecular weight is 215 g/mol. The number of aromatic nitrogens is 2. The molecule has 0 aliphatic carbocycles. The van der Waals surface area contributed by atoms with Crippen molar-refractivity contribution in [3.63, 3.8) is 0 Å². The van der Waals surface area contributed by atoms with Crippen LogP contribution in [0.15, 0.2) is 30.3 Å². The van der Waals surface area contributed by atoms with E-state index in [0.717, 1.165) is 17.2 Å². The molecule has 1 heterocycles. The third kappa shape index (κ3) is 1.94. The lowest BCUT2D eigenvalue weighted by atomic mass is 10.2. The van der Waals surface area contributed by atoms with Gasteiger partial charge in [0.2, 0.25) is 0 Å². The summed E-state index contributed by atoms with van der Waals surface area (Å²) in [6.45, 7) is 4.16. The van der Waals surface area contributed by atoms with E-state index in [1.54, 1.807) is 0 Å². The third-order valence-electron chi connectivity index (χ3n) is 2.58. The molecule has 0 aliphatic heterocycles. The molecule has 1 aromatic carbocycles. The van der Waals surface area contributed by atoms with Gasteiger partial charge < -0.3 is 4.90 Å². The van der Waals surface area contributed by atoms with Crippen molar-refractivity contribution in [2.24, 2.45) is 0 Å². The lowest BCUT2D eigenvalue weighted by molar-refractivity contribution is 0.836. The summed E-state index contributed by atoms with van der Waals surface area (Å²) in [4.78, 5) is 2.01. The Kier molecular flexibility index (Phi) is 2.69. The molecule has 0 atom stereocenters. The van der Waals surface area contributed by atoms with E-state index in [0.29, 0.717) is 0 Å². The van der Waals surface area contributed by atoms with Crippen LogP contribution in [-0.2, 0) is 0 Å². The van der Waals surface area contributed by atoms with Crippen LogP contribution >= 0.6 is 0 Å². The first-order valence-electron chi connectivity index (χ1n) is 5.39. The summed E-state index contributed by atoms with van der Waals surface area (Å²) in [6, 6.07) is 10.4. The van der Waals surface area contributed by atoms with Gasteiger partial charge in [0.05, 0.1) is 5.69 Å². The number of nitrogens with zero attached hydrogens (tertiary/aromatic N) is 3. The Morgan fingerprint density at radius 2 is 1.88 bits per heavy atom. The molecular formula is C13H17N3. The van der Waals surface area contributed by atoms with Gasteiger partial charge in [0.1, 0.15) is 0 Å². The highest BCUT2D eigenvalue weighted by Gasteiger charge is 2.07. The Balaban J connectivity index is 2.48. The van der Waals surface area contributed by atoms with Crippen molar-refractivity contribution in [2.75, 3.05) is 19.0 Å². The van der Waals surface area contributed by atoms with Crippen LogP contribution in [0.25, 0.3) is 5.69 Å². The van der Waals surface area contributed by atoms with Crippen LogP contribution in [-0.4, -0.2) is 23.9 Å². The summed E-state index contributed by atoms with van der Waals surface area (Å²) >= 11 is 0. The normalized spacial score (nSPS) is 10.5. The van der Waals surface area contributed by atoms with E-state index in [1.807, 2.05) is 23.7 Å². The molecule has 3 heteroatoms. The molecule has 2 aromatic rings. The molecule has 84 valence electrons. The summed E-state index contributed by atoms with van der Waals surface area (Å²) in [5.41, 5.74) is 3.51. The van der Waals surface area contributed by atoms with Gasteiger partial charge in [0.25, 0.3) is 0 Å². The number of hydrogen-bond acceptors (Lipinski definition) is 2. The topological polar surface area (TPSA) is 21.1 Å². The minimum Gasteiger partial charge on any atom is -0.361 e. The van der Waals surface area contributed by atoms with Crippen molar-refractivity contribution in [1.29, 1.82) is 0 Å². The van der Waals surface area contributed by atoms with Crippen molar-refractivity contribution < 1.29 is 0 Å². The summed E-state index contributed by atoms with van der Waals surface area (Å²) in [5.74, 6) is 0.985. The van der Waals surface area contributed by atoms with Crippen molar-refractivity contribution in [3.8, 4) is 5.69 Å². The lowest BCUT2D eigenvalue weighted by Gasteiger charge is -2.07. The number of aryl methyl sites for hydroxylation is 2. The van der Waals surface area contributed by atoms with Gasteiger partial charge in [0.15, 0.2) is 5.82 Å². The molecule has 0 saturated heterocycles. The summed E-state index contributed by atoms with van der Waals surface area (Å²) < 4.78 is 1.97. The van der Waals surface area contributed by atoms with Crippen LogP contribution < -0.4 is 4.90 Å². The SMILES string of the molecule is Cc1cccc(-n2nc(N(C)C)cc2C)c1. The Bertz CT molecular complexity index is 498. The molecule has 1 aromatic heterocycles. The van der Waals surface area contributed by atoms with Crippen LogP contribution in [0, 0.1) is 13.8 Å². The predicted octanol–water partition coefficient (Wildman–Crippen LogP) is 2.56. The first-order chi connectivity index (χ1) is 7.58. The zero-order chi connectivity index (χ0) is 11.7. The van der Waals surface area contributed by atoms with Crippen molar-refractivity contribution in [1.82, 2.24) is 9.78 Å². The zero-order valence-electron chi connectivity index (χ0n) is 10.2. The molecule has 0 bridgehead atoms. The van der Waals surface area contributed by atoms with E-state index < -0.39 is 0 Å². The maximum absolute atomic E-state index is 4.56. The fourth-order valence-corrected chi connectivity index (χ4v) is 1.70. The average Bonchev–Trinajstić information content (AvgIpc) is 2.60. The third-order valence-corrected chi connectivity index (χ3v) is 2.58. The first-order valence-corrected chi connectivity index (χ1v) is 5.39. The van der Waals surface area contributed by atoms with Gasteiger partial charge in [-0.1, -0.05) is 12.1 Å². The largest absolute Gasteiger partial charge is 0.361 e. The highest BCUT2D eigenvalue weighted by molar-refractivity contribution is 5.43. The molecule has 0 saturated carbocycles. The van der Waals surface area contributed by atoms with Crippen LogP contribution in [0.1, 0.15) is 11.3 Å². The monoisotopic (exact) mass is 215 g/mol. The highest BCUT2D eigenvalue weighted by atomic mass is 15.3. The minimum atomic E-state index is 0.985. The van der Waals surface area contributed by atoms with E-state index in [2.05, 4.69) is 49.3 Å². The Morgan fingerprint density at radius 3 is 2.44 bits per heavy atom. The van der Waals surface area contributed by atoms with E-state index in [1.165, 1.54) is 5.56 Å². The summed E-state index contributed by atoms with van der Waals surface area (Å²) in [5, 5.41) is 4.56. The van der Waals surface area contributed by atoms with Gasteiger partial charge in [-0.2, -0.15) is 5.10 Å². The maximum Gasteiger partial charge on any atom is 0.150 e. The Labute approximate surface area is 96.3 Å². The van der Waals surface area contributed by atoms with Crippen molar-refractivity contribution in [2.45, 2.75) is 13.8 Å². The van der Waals surface area contributed by atoms with Crippen LogP contribution in [0.3, 0.4) is 0 Å². The Hall–Kier alpha value is -1.77. The molecule has 3 nitrogen and oxygen atoms in total. The maximum atomic E-state index is 4.56. The standard InChI is InChI=1S/C13H17N3/c1-10-6-5-7-12(8-10)16-11(2)9-13(14-16)15(3)4/h5-9H,1-4H3. The lowest BCUT2D eigenvalue weighted by Crippen LogP contribution is -2.09. The number of rotatable bonds is 2. The van der Waals surface area contributed by atoms with Crippen molar-refractivity contribution >= 4 is 5.82 Å².